The zero-order valence-corrected chi connectivity index (χ0v) is 10.1. The molecule has 1 fully saturated rings. The summed E-state index contributed by atoms with van der Waals surface area (Å²) in [6, 6.07) is 2.52. The fourth-order valence-electron chi connectivity index (χ4n) is 2.15. The molecule has 0 radical (unpaired) electrons. The number of carboxylic acid groups (broad SMARTS) is 1. The number of nitrogens with zero attached hydrogens (tertiary/aromatic N) is 1. The predicted molar refractivity (Wildman–Crippen MR) is 67.3 cm³/mol. The maximum atomic E-state index is 13.5. The highest BCUT2D eigenvalue weighted by molar-refractivity contribution is 5.90. The molecule has 1 heterocycles. The SMILES string of the molecule is CN1CCC(Nc2cc(F)c(C(=O)O)cc2N)C1. The molecule has 6 heteroatoms. The van der Waals surface area contributed by atoms with Crippen LogP contribution >= 0.6 is 0 Å². The first-order chi connectivity index (χ1) is 8.47. The number of nitrogens with two attached hydrogens (primary N) is 1. The van der Waals surface area contributed by atoms with Crippen LogP contribution in [-0.2, 0) is 0 Å². The predicted octanol–water partition coefficient (Wildman–Crippen LogP) is 1.22. The molecule has 0 saturated carbocycles. The van der Waals surface area contributed by atoms with Gasteiger partial charge < -0.3 is 21.1 Å². The molecule has 1 saturated heterocycles. The minimum absolute atomic E-state index is 0.215. The minimum Gasteiger partial charge on any atom is -0.478 e. The van der Waals surface area contributed by atoms with Crippen molar-refractivity contribution < 1.29 is 14.3 Å². The van der Waals surface area contributed by atoms with E-state index >= 15 is 0 Å². The van der Waals surface area contributed by atoms with E-state index in [1.165, 1.54) is 0 Å². The van der Waals surface area contributed by atoms with Crippen LogP contribution in [-0.4, -0.2) is 42.2 Å². The molecule has 0 spiro atoms. The molecular formula is C12H16FN3O2. The van der Waals surface area contributed by atoms with E-state index in [1.54, 1.807) is 0 Å². The Bertz CT molecular complexity index is 479. The highest BCUT2D eigenvalue weighted by atomic mass is 19.1. The lowest BCUT2D eigenvalue weighted by Gasteiger charge is -2.16. The summed E-state index contributed by atoms with van der Waals surface area (Å²) in [5.74, 6) is -2.09. The number of likely N-dealkylation sites (N-methyl/N-ethyl adjacent to an activating group) is 1. The Balaban J connectivity index is 2.19. The number of rotatable bonds is 3. The van der Waals surface area contributed by atoms with Gasteiger partial charge in [0.05, 0.1) is 16.9 Å². The summed E-state index contributed by atoms with van der Waals surface area (Å²) < 4.78 is 13.5. The van der Waals surface area contributed by atoms with Crippen LogP contribution in [0.2, 0.25) is 0 Å². The van der Waals surface area contributed by atoms with Gasteiger partial charge in [-0.3, -0.25) is 0 Å². The summed E-state index contributed by atoms with van der Waals surface area (Å²) >= 11 is 0. The second kappa shape index (κ2) is 4.81. The van der Waals surface area contributed by atoms with Crippen molar-refractivity contribution in [2.75, 3.05) is 31.2 Å². The van der Waals surface area contributed by atoms with Crippen molar-refractivity contribution in [3.05, 3.63) is 23.5 Å². The molecule has 1 unspecified atom stereocenters. The summed E-state index contributed by atoms with van der Waals surface area (Å²) in [7, 11) is 2.01. The molecule has 5 nitrogen and oxygen atoms in total. The van der Waals surface area contributed by atoms with Crippen molar-refractivity contribution in [2.24, 2.45) is 0 Å². The molecule has 18 heavy (non-hydrogen) atoms. The maximum absolute atomic E-state index is 13.5. The molecule has 0 aliphatic carbocycles. The van der Waals surface area contributed by atoms with Crippen molar-refractivity contribution in [3.8, 4) is 0 Å². The van der Waals surface area contributed by atoms with Gasteiger partial charge in [-0.15, -0.1) is 0 Å². The lowest BCUT2D eigenvalue weighted by molar-refractivity contribution is 0.0692. The Morgan fingerprint density at radius 3 is 2.89 bits per heavy atom. The van der Waals surface area contributed by atoms with E-state index in [2.05, 4.69) is 10.2 Å². The van der Waals surface area contributed by atoms with Gasteiger partial charge in [0.15, 0.2) is 0 Å². The Hall–Kier alpha value is -1.82. The number of benzene rings is 1. The normalized spacial score (nSPS) is 20.0. The Morgan fingerprint density at radius 2 is 2.33 bits per heavy atom. The van der Waals surface area contributed by atoms with E-state index in [0.717, 1.165) is 31.6 Å². The number of nitrogens with one attached hydrogen (secondary N) is 1. The van der Waals surface area contributed by atoms with Gasteiger partial charge in [0, 0.05) is 12.6 Å². The number of aromatic carboxylic acids is 1. The van der Waals surface area contributed by atoms with E-state index in [0.29, 0.717) is 5.69 Å². The fourth-order valence-corrected chi connectivity index (χ4v) is 2.15. The molecule has 1 aliphatic heterocycles. The van der Waals surface area contributed by atoms with Crippen LogP contribution in [0.25, 0.3) is 0 Å². The number of hydrogen-bond donors (Lipinski definition) is 3. The molecule has 0 aromatic heterocycles. The number of nitrogen functional groups attached to an aromatic ring is 1. The van der Waals surface area contributed by atoms with Crippen molar-refractivity contribution in [1.29, 1.82) is 0 Å². The molecule has 0 bridgehead atoms. The van der Waals surface area contributed by atoms with E-state index in [-0.39, 0.29) is 11.7 Å². The van der Waals surface area contributed by atoms with Gasteiger partial charge in [-0.25, -0.2) is 9.18 Å². The largest absolute Gasteiger partial charge is 0.478 e. The van der Waals surface area contributed by atoms with E-state index in [1.807, 2.05) is 7.05 Å². The van der Waals surface area contributed by atoms with Crippen LogP contribution in [0.1, 0.15) is 16.8 Å². The summed E-state index contributed by atoms with van der Waals surface area (Å²) in [6.07, 6.45) is 0.957. The van der Waals surface area contributed by atoms with Gasteiger partial charge in [0.2, 0.25) is 0 Å². The van der Waals surface area contributed by atoms with Gasteiger partial charge in [-0.2, -0.15) is 0 Å². The lowest BCUT2D eigenvalue weighted by Crippen LogP contribution is -2.24. The summed E-state index contributed by atoms with van der Waals surface area (Å²) in [4.78, 5) is 12.9. The molecule has 1 aliphatic rings. The third-order valence-electron chi connectivity index (χ3n) is 3.12. The zero-order valence-electron chi connectivity index (χ0n) is 10.1. The van der Waals surface area contributed by atoms with Crippen molar-refractivity contribution in [2.45, 2.75) is 12.5 Å². The Morgan fingerprint density at radius 1 is 1.61 bits per heavy atom. The first-order valence-electron chi connectivity index (χ1n) is 5.74. The van der Waals surface area contributed by atoms with Crippen molar-refractivity contribution in [1.82, 2.24) is 4.90 Å². The van der Waals surface area contributed by atoms with E-state index in [4.69, 9.17) is 10.8 Å². The fraction of sp³-hybridized carbons (Fsp3) is 0.417. The van der Waals surface area contributed by atoms with Gasteiger partial charge in [-0.05, 0) is 32.1 Å². The topological polar surface area (TPSA) is 78.6 Å². The molecule has 4 N–H and O–H groups in total. The van der Waals surface area contributed by atoms with Crippen molar-refractivity contribution >= 4 is 17.3 Å². The molecule has 98 valence electrons. The van der Waals surface area contributed by atoms with Gasteiger partial charge in [0.25, 0.3) is 0 Å². The first-order valence-corrected chi connectivity index (χ1v) is 5.74. The zero-order chi connectivity index (χ0) is 13.3. The third kappa shape index (κ3) is 2.53. The van der Waals surface area contributed by atoms with Crippen LogP contribution < -0.4 is 11.1 Å². The van der Waals surface area contributed by atoms with E-state index < -0.39 is 17.3 Å². The Kier molecular flexibility index (Phi) is 3.38. The first kappa shape index (κ1) is 12.6. The summed E-state index contributed by atoms with van der Waals surface area (Å²) in [5.41, 5.74) is 6.04. The Labute approximate surface area is 104 Å². The van der Waals surface area contributed by atoms with Gasteiger partial charge in [-0.1, -0.05) is 0 Å². The monoisotopic (exact) mass is 253 g/mol. The van der Waals surface area contributed by atoms with E-state index in [9.17, 15) is 9.18 Å². The number of likely N-dealkylation sites (tertiary alicyclic amines) is 1. The summed E-state index contributed by atoms with van der Waals surface area (Å²) in [5, 5.41) is 11.9. The highest BCUT2D eigenvalue weighted by Gasteiger charge is 2.21. The highest BCUT2D eigenvalue weighted by Crippen LogP contribution is 2.25. The van der Waals surface area contributed by atoms with Crippen molar-refractivity contribution in [3.63, 3.8) is 0 Å². The molecular weight excluding hydrogens is 237 g/mol. The van der Waals surface area contributed by atoms with Gasteiger partial charge in [0.1, 0.15) is 5.82 Å². The number of carbonyl (C=O) groups is 1. The second-order valence-corrected chi connectivity index (χ2v) is 4.62. The van der Waals surface area contributed by atoms with Crippen LogP contribution in [0.15, 0.2) is 12.1 Å². The lowest BCUT2D eigenvalue weighted by atomic mass is 10.1. The molecule has 1 atom stereocenters. The molecule has 1 aromatic carbocycles. The standard InChI is InChI=1S/C12H16FN3O2/c1-16-3-2-7(6-16)15-11-5-9(13)8(12(17)18)4-10(11)14/h4-5,7,15H,2-3,6,14H2,1H3,(H,17,18). The van der Waals surface area contributed by atoms with Gasteiger partial charge >= 0.3 is 5.97 Å². The average Bonchev–Trinajstić information content (AvgIpc) is 2.68. The number of hydrogen-bond acceptors (Lipinski definition) is 4. The van der Waals surface area contributed by atoms with Crippen LogP contribution in [0.3, 0.4) is 0 Å². The third-order valence-corrected chi connectivity index (χ3v) is 3.12. The molecule has 2 rings (SSSR count). The maximum Gasteiger partial charge on any atom is 0.338 e. The second-order valence-electron chi connectivity index (χ2n) is 4.62. The van der Waals surface area contributed by atoms with Crippen LogP contribution in [0.4, 0.5) is 15.8 Å². The van der Waals surface area contributed by atoms with Crippen LogP contribution in [0, 0.1) is 5.82 Å². The average molecular weight is 253 g/mol. The summed E-state index contributed by atoms with van der Waals surface area (Å²) in [6.45, 7) is 1.84. The minimum atomic E-state index is -1.31. The number of anilines is 2. The smallest absolute Gasteiger partial charge is 0.338 e. The number of halogens is 1. The number of carboxylic acids is 1. The van der Waals surface area contributed by atoms with Crippen LogP contribution in [0.5, 0.6) is 0 Å². The molecule has 0 amide bonds. The molecule has 1 aromatic rings. The quantitative estimate of drug-likeness (QED) is 0.706.